The minimum Gasteiger partial charge on any atom is -0.478 e. The summed E-state index contributed by atoms with van der Waals surface area (Å²) in [4.78, 5) is 3.74. The van der Waals surface area contributed by atoms with Crippen molar-refractivity contribution in [3.8, 4) is 18.0 Å². The zero-order valence-corrected chi connectivity index (χ0v) is 6.74. The number of ether oxygens (including phenoxy) is 2. The highest BCUT2D eigenvalue weighted by Gasteiger charge is 2.15. The maximum absolute atomic E-state index is 8.60. The second-order valence-electron chi connectivity index (χ2n) is 1.92. The van der Waals surface area contributed by atoms with Gasteiger partial charge in [0.05, 0.1) is 14.2 Å². The van der Waals surface area contributed by atoms with E-state index >= 15 is 0 Å². The number of nitrogens with zero attached hydrogens (tertiary/aromatic N) is 3. The third-order valence-corrected chi connectivity index (χ3v) is 1.32. The lowest BCUT2D eigenvalue weighted by molar-refractivity contribution is 0.336. The summed E-state index contributed by atoms with van der Waals surface area (Å²) in [6, 6.07) is 0. The van der Waals surface area contributed by atoms with E-state index in [9.17, 15) is 0 Å². The number of aromatic nitrogens is 2. The minimum atomic E-state index is 0.0474. The van der Waals surface area contributed by atoms with Gasteiger partial charge in [0.2, 0.25) is 5.95 Å². The van der Waals surface area contributed by atoms with Gasteiger partial charge in [-0.2, -0.15) is 14.8 Å². The van der Waals surface area contributed by atoms with Crippen molar-refractivity contribution in [1.82, 2.24) is 9.55 Å². The van der Waals surface area contributed by atoms with Gasteiger partial charge >= 0.3 is 0 Å². The average molecular weight is 168 g/mol. The number of nitrogen functional groups attached to an aromatic ring is 1. The van der Waals surface area contributed by atoms with E-state index in [1.54, 1.807) is 6.19 Å². The maximum Gasteiger partial charge on any atom is 0.280 e. The third-order valence-electron chi connectivity index (χ3n) is 1.32. The topological polar surface area (TPSA) is 86.1 Å². The Morgan fingerprint density at radius 1 is 1.50 bits per heavy atom. The van der Waals surface area contributed by atoms with Gasteiger partial charge in [0.25, 0.3) is 11.8 Å². The van der Waals surface area contributed by atoms with Gasteiger partial charge in [-0.15, -0.1) is 0 Å². The van der Waals surface area contributed by atoms with Crippen LogP contribution in [0.25, 0.3) is 0 Å². The lowest BCUT2D eigenvalue weighted by atomic mass is 10.7. The molecule has 0 aromatic carbocycles. The first-order valence-corrected chi connectivity index (χ1v) is 3.11. The van der Waals surface area contributed by atoms with Gasteiger partial charge in [-0.05, 0) is 0 Å². The van der Waals surface area contributed by atoms with Crippen LogP contribution in [0.5, 0.6) is 11.8 Å². The summed E-state index contributed by atoms with van der Waals surface area (Å²) in [6.45, 7) is 0. The van der Waals surface area contributed by atoms with Crippen molar-refractivity contribution in [2.75, 3.05) is 20.0 Å². The Kier molecular flexibility index (Phi) is 2.05. The molecule has 0 aliphatic heterocycles. The fraction of sp³-hybridized carbons (Fsp3) is 0.333. The number of hydrogen-bond acceptors (Lipinski definition) is 5. The molecule has 2 N–H and O–H groups in total. The second kappa shape index (κ2) is 3.00. The molecule has 1 aromatic heterocycles. The minimum absolute atomic E-state index is 0.0474. The first-order valence-electron chi connectivity index (χ1n) is 3.11. The van der Waals surface area contributed by atoms with Crippen LogP contribution < -0.4 is 15.2 Å². The van der Waals surface area contributed by atoms with Crippen molar-refractivity contribution in [2.45, 2.75) is 0 Å². The number of methoxy groups -OCH3 is 2. The molecule has 0 aliphatic rings. The maximum atomic E-state index is 8.60. The van der Waals surface area contributed by atoms with Gasteiger partial charge in [0.1, 0.15) is 0 Å². The molecule has 0 atom stereocenters. The number of nitriles is 1. The molecule has 6 nitrogen and oxygen atoms in total. The standard InChI is InChI=1S/C6H8N4O2/c1-11-4-5(12-2)10(3-7)6(8)9-4/h1-2H3,(H2,8,9). The molecule has 0 spiro atoms. The molecule has 0 unspecified atom stereocenters. The summed E-state index contributed by atoms with van der Waals surface area (Å²) in [5.41, 5.74) is 5.37. The molecular formula is C6H8N4O2. The molecule has 6 heteroatoms. The molecule has 0 bridgehead atoms. The molecule has 1 heterocycles. The number of imidazole rings is 1. The predicted octanol–water partition coefficient (Wildman–Crippen LogP) is -0.188. The molecule has 0 aliphatic carbocycles. The molecule has 64 valence electrons. The Balaban J connectivity index is 3.28. The van der Waals surface area contributed by atoms with Crippen molar-refractivity contribution in [2.24, 2.45) is 0 Å². The largest absolute Gasteiger partial charge is 0.478 e. The SMILES string of the molecule is COc1nc(N)n(C#N)c1OC. The Labute approximate surface area is 69.1 Å². The van der Waals surface area contributed by atoms with E-state index in [4.69, 9.17) is 20.5 Å². The average Bonchev–Trinajstić information content (AvgIpc) is 2.40. The van der Waals surface area contributed by atoms with Crippen LogP contribution in [0.1, 0.15) is 0 Å². The van der Waals surface area contributed by atoms with Crippen molar-refractivity contribution in [1.29, 1.82) is 5.26 Å². The summed E-state index contributed by atoms with van der Waals surface area (Å²) in [5.74, 6) is 0.459. The summed E-state index contributed by atoms with van der Waals surface area (Å²) >= 11 is 0. The van der Waals surface area contributed by atoms with Crippen LogP contribution in [-0.4, -0.2) is 23.8 Å². The van der Waals surface area contributed by atoms with Gasteiger partial charge in [0.15, 0.2) is 6.19 Å². The van der Waals surface area contributed by atoms with E-state index in [1.807, 2.05) is 0 Å². The van der Waals surface area contributed by atoms with E-state index in [1.165, 1.54) is 14.2 Å². The molecule has 0 saturated heterocycles. The molecule has 0 fully saturated rings. The Morgan fingerprint density at radius 2 is 2.17 bits per heavy atom. The summed E-state index contributed by atoms with van der Waals surface area (Å²) in [7, 11) is 2.83. The van der Waals surface area contributed by atoms with Gasteiger partial charge in [-0.25, -0.2) is 0 Å². The van der Waals surface area contributed by atoms with E-state index in [-0.39, 0.29) is 17.7 Å². The molecule has 0 amide bonds. The number of nitrogens with two attached hydrogens (primary N) is 1. The van der Waals surface area contributed by atoms with Gasteiger partial charge in [0, 0.05) is 0 Å². The highest BCUT2D eigenvalue weighted by Crippen LogP contribution is 2.27. The zero-order valence-electron chi connectivity index (χ0n) is 6.74. The van der Waals surface area contributed by atoms with Crippen LogP contribution in [0, 0.1) is 11.5 Å². The van der Waals surface area contributed by atoms with E-state index < -0.39 is 0 Å². The smallest absolute Gasteiger partial charge is 0.280 e. The van der Waals surface area contributed by atoms with Crippen LogP contribution in [0.15, 0.2) is 0 Å². The van der Waals surface area contributed by atoms with Gasteiger partial charge < -0.3 is 15.2 Å². The molecule has 0 saturated carbocycles. The van der Waals surface area contributed by atoms with Crippen molar-refractivity contribution in [3.63, 3.8) is 0 Å². The van der Waals surface area contributed by atoms with Crippen LogP contribution >= 0.6 is 0 Å². The lowest BCUT2D eigenvalue weighted by Crippen LogP contribution is -1.99. The Bertz CT molecular complexity index is 325. The molecule has 0 radical (unpaired) electrons. The number of rotatable bonds is 2. The predicted molar refractivity (Wildman–Crippen MR) is 40.8 cm³/mol. The monoisotopic (exact) mass is 168 g/mol. The molecule has 12 heavy (non-hydrogen) atoms. The first kappa shape index (κ1) is 8.20. The quantitative estimate of drug-likeness (QED) is 0.661. The van der Waals surface area contributed by atoms with Gasteiger partial charge in [-0.3, -0.25) is 0 Å². The highest BCUT2D eigenvalue weighted by atomic mass is 16.5. The molecule has 1 aromatic rings. The van der Waals surface area contributed by atoms with Crippen LogP contribution in [0.4, 0.5) is 5.95 Å². The fourth-order valence-corrected chi connectivity index (χ4v) is 0.810. The number of anilines is 1. The third kappa shape index (κ3) is 1.01. The number of hydrogen-bond donors (Lipinski definition) is 1. The Morgan fingerprint density at radius 3 is 2.58 bits per heavy atom. The van der Waals surface area contributed by atoms with E-state index in [0.717, 1.165) is 4.57 Å². The Hall–Kier alpha value is -1.90. The van der Waals surface area contributed by atoms with Crippen LogP contribution in [-0.2, 0) is 0 Å². The van der Waals surface area contributed by atoms with Crippen LogP contribution in [0.2, 0.25) is 0 Å². The second-order valence-corrected chi connectivity index (χ2v) is 1.92. The van der Waals surface area contributed by atoms with E-state index in [0.29, 0.717) is 0 Å². The fourth-order valence-electron chi connectivity index (χ4n) is 0.810. The lowest BCUT2D eigenvalue weighted by Gasteiger charge is -1.99. The summed E-state index contributed by atoms with van der Waals surface area (Å²) in [5, 5.41) is 8.60. The van der Waals surface area contributed by atoms with E-state index in [2.05, 4.69) is 4.98 Å². The first-order chi connectivity index (χ1) is 5.74. The zero-order chi connectivity index (χ0) is 9.14. The molecule has 1 rings (SSSR count). The summed E-state index contributed by atoms with van der Waals surface area (Å²) < 4.78 is 10.7. The summed E-state index contributed by atoms with van der Waals surface area (Å²) in [6.07, 6.45) is 1.79. The van der Waals surface area contributed by atoms with Crippen molar-refractivity contribution >= 4 is 5.95 Å². The van der Waals surface area contributed by atoms with Crippen molar-refractivity contribution in [3.05, 3.63) is 0 Å². The normalized spacial score (nSPS) is 9.08. The van der Waals surface area contributed by atoms with Gasteiger partial charge in [-0.1, -0.05) is 0 Å². The van der Waals surface area contributed by atoms with Crippen LogP contribution in [0.3, 0.4) is 0 Å². The van der Waals surface area contributed by atoms with Crippen molar-refractivity contribution < 1.29 is 9.47 Å². The highest BCUT2D eigenvalue weighted by molar-refractivity contribution is 5.41. The molecular weight excluding hydrogens is 160 g/mol.